The van der Waals surface area contributed by atoms with Gasteiger partial charge in [0.1, 0.15) is 0 Å². The molecule has 1 amide bonds. The topological polar surface area (TPSA) is 72.7 Å². The minimum absolute atomic E-state index is 0.0265. The Balaban J connectivity index is 1.34. The molecule has 1 unspecified atom stereocenters. The summed E-state index contributed by atoms with van der Waals surface area (Å²) < 4.78 is 7.66. The molecule has 2 aromatic rings. The number of rotatable bonds is 6. The summed E-state index contributed by atoms with van der Waals surface area (Å²) in [7, 11) is 1.44. The highest BCUT2D eigenvalue weighted by molar-refractivity contribution is 9.10. The quantitative estimate of drug-likeness (QED) is 0.424. The lowest BCUT2D eigenvalue weighted by Gasteiger charge is -2.27. The van der Waals surface area contributed by atoms with Crippen LogP contribution in [0.2, 0.25) is 5.02 Å². The van der Waals surface area contributed by atoms with Crippen molar-refractivity contribution >= 4 is 56.0 Å². The van der Waals surface area contributed by atoms with Crippen LogP contribution in [0.25, 0.3) is 10.9 Å². The van der Waals surface area contributed by atoms with E-state index < -0.39 is 0 Å². The molecule has 1 N–H and O–H groups in total. The molecule has 1 aliphatic heterocycles. The van der Waals surface area contributed by atoms with Gasteiger partial charge >= 0.3 is 5.97 Å². The van der Waals surface area contributed by atoms with Gasteiger partial charge in [-0.25, -0.2) is 0 Å². The van der Waals surface area contributed by atoms with Gasteiger partial charge in [-0.2, -0.15) is 0 Å². The van der Waals surface area contributed by atoms with E-state index in [-0.39, 0.29) is 17.8 Å². The molecular weight excluding hydrogens is 542 g/mol. The van der Waals surface area contributed by atoms with Crippen molar-refractivity contribution in [3.63, 3.8) is 0 Å². The third-order valence-electron chi connectivity index (χ3n) is 7.75. The molecule has 5 rings (SSSR count). The fourth-order valence-electron chi connectivity index (χ4n) is 5.67. The van der Waals surface area contributed by atoms with Crippen LogP contribution in [-0.2, 0) is 16.1 Å². The lowest BCUT2D eigenvalue weighted by atomic mass is 9.82. The number of allylic oxidation sites excluding steroid dienone is 3. The maximum Gasteiger partial charge on any atom is 0.308 e. The van der Waals surface area contributed by atoms with E-state index in [1.807, 2.05) is 18.3 Å². The minimum Gasteiger partial charge on any atom is -0.469 e. The number of aliphatic imine (C=N–C) groups is 1. The van der Waals surface area contributed by atoms with Crippen LogP contribution < -0.4 is 5.32 Å². The van der Waals surface area contributed by atoms with Crippen molar-refractivity contribution < 1.29 is 14.3 Å². The van der Waals surface area contributed by atoms with Crippen molar-refractivity contribution in [2.24, 2.45) is 22.7 Å². The summed E-state index contributed by atoms with van der Waals surface area (Å²) in [5.74, 6) is 0.522. The molecule has 8 heteroatoms. The van der Waals surface area contributed by atoms with Crippen LogP contribution in [0.4, 0.5) is 0 Å². The largest absolute Gasteiger partial charge is 0.469 e. The van der Waals surface area contributed by atoms with E-state index >= 15 is 0 Å². The Hall–Kier alpha value is -2.38. The van der Waals surface area contributed by atoms with Gasteiger partial charge in [0, 0.05) is 35.1 Å². The van der Waals surface area contributed by atoms with Crippen LogP contribution in [0.15, 0.2) is 51.6 Å². The monoisotopic (exact) mass is 571 g/mol. The first-order valence-electron chi connectivity index (χ1n) is 12.7. The fourth-order valence-corrected chi connectivity index (χ4v) is 6.34. The summed E-state index contributed by atoms with van der Waals surface area (Å²) in [6.07, 6.45) is 14.3. The lowest BCUT2D eigenvalue weighted by molar-refractivity contribution is -0.146. The number of hydrogen-bond acceptors (Lipinski definition) is 4. The Kier molecular flexibility index (Phi) is 7.68. The molecule has 1 aromatic carbocycles. The van der Waals surface area contributed by atoms with Crippen molar-refractivity contribution in [3.05, 3.63) is 57.2 Å². The third kappa shape index (κ3) is 5.18. The van der Waals surface area contributed by atoms with Gasteiger partial charge in [-0.05, 0) is 84.2 Å². The average molecular weight is 573 g/mol. The van der Waals surface area contributed by atoms with E-state index in [0.29, 0.717) is 40.0 Å². The number of benzene rings is 1. The molecule has 1 atom stereocenters. The second-order valence-corrected chi connectivity index (χ2v) is 11.3. The highest BCUT2D eigenvalue weighted by Crippen LogP contribution is 2.35. The van der Waals surface area contributed by atoms with Crippen LogP contribution in [0, 0.1) is 17.8 Å². The standard InChI is InChI=1S/C28H31BrClN3O3/c1-36-28(35)18-8-6-17(7-9-18)14-32-27(34)24-25(30)23(29)13-20-10-11-33(26(20)24)16-22-12-19-4-2-3-5-21(19)15-31-22/h2,4,10-13,17-18,21H,3,5-9,14-16H2,1H3,(H,32,34)/t17-,18-,21?. The highest BCUT2D eigenvalue weighted by Gasteiger charge is 2.28. The Morgan fingerprint density at radius 2 is 2.06 bits per heavy atom. The number of ether oxygens (including phenoxy) is 1. The first-order valence-corrected chi connectivity index (χ1v) is 13.9. The molecule has 6 nitrogen and oxygen atoms in total. The summed E-state index contributed by atoms with van der Waals surface area (Å²) in [5.41, 5.74) is 3.66. The van der Waals surface area contributed by atoms with Gasteiger partial charge in [0.15, 0.2) is 0 Å². The second-order valence-electron chi connectivity index (χ2n) is 10.0. The Morgan fingerprint density at radius 3 is 2.83 bits per heavy atom. The summed E-state index contributed by atoms with van der Waals surface area (Å²) in [4.78, 5) is 30.1. The summed E-state index contributed by atoms with van der Waals surface area (Å²) in [6, 6.07) is 3.97. The van der Waals surface area contributed by atoms with Crippen molar-refractivity contribution in [1.82, 2.24) is 9.88 Å². The smallest absolute Gasteiger partial charge is 0.308 e. The van der Waals surface area contributed by atoms with E-state index in [0.717, 1.165) is 61.7 Å². The molecular formula is C28H31BrClN3O3. The normalized spacial score (nSPS) is 23.6. The number of carbonyl (C=O) groups excluding carboxylic acids is 2. The van der Waals surface area contributed by atoms with Crippen LogP contribution >= 0.6 is 27.5 Å². The number of carbonyl (C=O) groups is 2. The van der Waals surface area contributed by atoms with Gasteiger partial charge in [-0.15, -0.1) is 0 Å². The lowest BCUT2D eigenvalue weighted by Crippen LogP contribution is -2.33. The highest BCUT2D eigenvalue weighted by atomic mass is 79.9. The number of amides is 1. The van der Waals surface area contributed by atoms with Crippen molar-refractivity contribution in [1.29, 1.82) is 0 Å². The fraction of sp³-hybridized carbons (Fsp3) is 0.464. The molecule has 1 aromatic heterocycles. The molecule has 36 heavy (non-hydrogen) atoms. The molecule has 190 valence electrons. The minimum atomic E-state index is -0.180. The van der Waals surface area contributed by atoms with Crippen molar-refractivity contribution in [2.45, 2.75) is 45.1 Å². The number of methoxy groups -OCH3 is 1. The van der Waals surface area contributed by atoms with Gasteiger partial charge in [0.2, 0.25) is 0 Å². The second kappa shape index (κ2) is 10.9. The molecule has 1 saturated carbocycles. The SMILES string of the molecule is COC(=O)[C@H]1CC[C@H](CNC(=O)c2c(Cl)c(Br)cc3ccn(CC4=NCC5CCC=CC5=C4)c23)CC1. The van der Waals surface area contributed by atoms with E-state index in [1.54, 1.807) is 0 Å². The van der Waals surface area contributed by atoms with Crippen LogP contribution in [-0.4, -0.2) is 42.4 Å². The van der Waals surface area contributed by atoms with Gasteiger partial charge in [0.05, 0.1) is 41.4 Å². The molecule has 0 radical (unpaired) electrons. The van der Waals surface area contributed by atoms with E-state index in [2.05, 4.69) is 44.0 Å². The predicted octanol–water partition coefficient (Wildman–Crippen LogP) is 6.11. The molecule has 0 bridgehead atoms. The van der Waals surface area contributed by atoms with Gasteiger partial charge in [0.25, 0.3) is 5.91 Å². The maximum absolute atomic E-state index is 13.5. The molecule has 0 spiro atoms. The first-order chi connectivity index (χ1) is 17.4. The molecule has 2 heterocycles. The zero-order valence-electron chi connectivity index (χ0n) is 20.4. The molecule has 3 aliphatic rings. The third-order valence-corrected chi connectivity index (χ3v) is 8.99. The van der Waals surface area contributed by atoms with Crippen molar-refractivity contribution in [2.75, 3.05) is 20.2 Å². The number of nitrogens with zero attached hydrogens (tertiary/aromatic N) is 2. The summed E-state index contributed by atoms with van der Waals surface area (Å²) in [6.45, 7) is 1.97. The number of nitrogens with one attached hydrogen (secondary N) is 1. The molecule has 2 aliphatic carbocycles. The number of dihydropyridines is 1. The number of hydrogen-bond donors (Lipinski definition) is 1. The van der Waals surface area contributed by atoms with Crippen LogP contribution in [0.1, 0.15) is 48.9 Å². The predicted molar refractivity (Wildman–Crippen MR) is 147 cm³/mol. The van der Waals surface area contributed by atoms with E-state index in [4.69, 9.17) is 21.3 Å². The average Bonchev–Trinajstić information content (AvgIpc) is 3.29. The molecule has 1 fully saturated rings. The number of aromatic nitrogens is 1. The van der Waals surface area contributed by atoms with Gasteiger partial charge in [-0.1, -0.05) is 23.8 Å². The Morgan fingerprint density at radius 1 is 1.25 bits per heavy atom. The zero-order chi connectivity index (χ0) is 25.2. The zero-order valence-corrected chi connectivity index (χ0v) is 22.8. The van der Waals surface area contributed by atoms with Crippen LogP contribution in [0.3, 0.4) is 0 Å². The van der Waals surface area contributed by atoms with E-state index in [1.165, 1.54) is 12.7 Å². The van der Waals surface area contributed by atoms with Crippen molar-refractivity contribution in [3.8, 4) is 0 Å². The Bertz CT molecular complexity index is 1270. The maximum atomic E-state index is 13.5. The summed E-state index contributed by atoms with van der Waals surface area (Å²) >= 11 is 10.2. The first kappa shape index (κ1) is 25.3. The number of halogens is 2. The van der Waals surface area contributed by atoms with Gasteiger partial charge < -0.3 is 14.6 Å². The number of fused-ring (bicyclic) bond motifs is 2. The summed E-state index contributed by atoms with van der Waals surface area (Å²) in [5, 5.41) is 4.48. The van der Waals surface area contributed by atoms with Crippen LogP contribution in [0.5, 0.6) is 0 Å². The number of esters is 1. The Labute approximate surface area is 224 Å². The molecule has 0 saturated heterocycles. The van der Waals surface area contributed by atoms with Gasteiger partial charge in [-0.3, -0.25) is 14.6 Å². The van der Waals surface area contributed by atoms with E-state index in [9.17, 15) is 9.59 Å².